The van der Waals surface area contributed by atoms with Crippen LogP contribution in [0.4, 0.5) is 10.5 Å². The number of likely N-dealkylation sites (tertiary alicyclic amines) is 1. The Bertz CT molecular complexity index is 686. The van der Waals surface area contributed by atoms with Gasteiger partial charge in [0.1, 0.15) is 5.82 Å². The van der Waals surface area contributed by atoms with E-state index in [1.807, 2.05) is 11.0 Å². The predicted octanol–water partition coefficient (Wildman–Crippen LogP) is 2.51. The molecule has 0 aliphatic carbocycles. The molecule has 3 heterocycles. The number of H-pyrrole nitrogens is 1. The number of urea groups is 1. The number of hydrogen-bond donors (Lipinski definition) is 2. The van der Waals surface area contributed by atoms with Gasteiger partial charge in [0, 0.05) is 30.7 Å². The van der Waals surface area contributed by atoms with E-state index in [0.717, 1.165) is 25.2 Å². The maximum atomic E-state index is 12.5. The molecule has 1 atom stereocenters. The first kappa shape index (κ1) is 13.0. The monoisotopic (exact) mass is 300 g/mol. The quantitative estimate of drug-likeness (QED) is 0.893. The molecule has 22 heavy (non-hydrogen) atoms. The summed E-state index contributed by atoms with van der Waals surface area (Å²) in [5.41, 5.74) is 0.694. The predicted molar refractivity (Wildman–Crippen MR) is 78.9 cm³/mol. The normalized spacial score (nSPS) is 19.5. The molecule has 0 saturated carbocycles. The minimum Gasteiger partial charge on any atom is -0.454 e. The number of nitrogens with one attached hydrogen (secondary N) is 2. The SMILES string of the molecule is O=C(Nc1ccc2c(c1)OCO2)N1CCC[C@H]1c1ncc[nH]1. The maximum absolute atomic E-state index is 12.5. The Kier molecular flexibility index (Phi) is 3.10. The Balaban J connectivity index is 1.49. The van der Waals surface area contributed by atoms with Gasteiger partial charge in [0.15, 0.2) is 11.5 Å². The van der Waals surface area contributed by atoms with E-state index in [0.29, 0.717) is 17.2 Å². The zero-order valence-electron chi connectivity index (χ0n) is 11.9. The van der Waals surface area contributed by atoms with Gasteiger partial charge in [-0.3, -0.25) is 0 Å². The zero-order valence-corrected chi connectivity index (χ0v) is 11.9. The minimum absolute atomic E-state index is 0.00371. The highest BCUT2D eigenvalue weighted by Crippen LogP contribution is 2.35. The Morgan fingerprint density at radius 2 is 2.27 bits per heavy atom. The van der Waals surface area contributed by atoms with Crippen LogP contribution in [0.25, 0.3) is 0 Å². The Labute approximate surface area is 127 Å². The first-order valence-electron chi connectivity index (χ1n) is 7.28. The van der Waals surface area contributed by atoms with Crippen LogP contribution in [0.1, 0.15) is 24.7 Å². The number of nitrogens with zero attached hydrogens (tertiary/aromatic N) is 2. The summed E-state index contributed by atoms with van der Waals surface area (Å²) in [5.74, 6) is 2.19. The molecule has 1 aromatic heterocycles. The van der Waals surface area contributed by atoms with Gasteiger partial charge in [-0.05, 0) is 25.0 Å². The highest BCUT2D eigenvalue weighted by Gasteiger charge is 2.31. The third kappa shape index (κ3) is 2.24. The Hall–Kier alpha value is -2.70. The molecule has 2 aromatic rings. The van der Waals surface area contributed by atoms with E-state index in [9.17, 15) is 4.79 Å². The number of ether oxygens (including phenoxy) is 2. The second-order valence-corrected chi connectivity index (χ2v) is 5.32. The van der Waals surface area contributed by atoms with Crippen molar-refractivity contribution in [3.05, 3.63) is 36.4 Å². The van der Waals surface area contributed by atoms with Crippen molar-refractivity contribution in [2.75, 3.05) is 18.7 Å². The topological polar surface area (TPSA) is 79.5 Å². The molecule has 0 spiro atoms. The van der Waals surface area contributed by atoms with E-state index in [1.165, 1.54) is 0 Å². The maximum Gasteiger partial charge on any atom is 0.322 e. The summed E-state index contributed by atoms with van der Waals surface area (Å²) in [5, 5.41) is 2.92. The van der Waals surface area contributed by atoms with Crippen molar-refractivity contribution in [3.63, 3.8) is 0 Å². The van der Waals surface area contributed by atoms with E-state index in [2.05, 4.69) is 15.3 Å². The van der Waals surface area contributed by atoms with Gasteiger partial charge in [-0.1, -0.05) is 0 Å². The molecule has 0 radical (unpaired) electrons. The van der Waals surface area contributed by atoms with E-state index < -0.39 is 0 Å². The van der Waals surface area contributed by atoms with Crippen LogP contribution in [-0.2, 0) is 0 Å². The number of carbonyl (C=O) groups is 1. The van der Waals surface area contributed by atoms with Crippen molar-refractivity contribution in [2.24, 2.45) is 0 Å². The largest absolute Gasteiger partial charge is 0.454 e. The summed E-state index contributed by atoms with van der Waals surface area (Å²) in [6.07, 6.45) is 5.38. The highest BCUT2D eigenvalue weighted by atomic mass is 16.7. The first-order valence-corrected chi connectivity index (χ1v) is 7.28. The number of carbonyl (C=O) groups excluding carboxylic acids is 1. The van der Waals surface area contributed by atoms with Crippen LogP contribution in [0.5, 0.6) is 11.5 Å². The molecule has 4 rings (SSSR count). The first-order chi connectivity index (χ1) is 10.8. The molecule has 2 N–H and O–H groups in total. The molecule has 0 unspecified atom stereocenters. The Morgan fingerprint density at radius 3 is 3.14 bits per heavy atom. The van der Waals surface area contributed by atoms with Crippen molar-refractivity contribution in [3.8, 4) is 11.5 Å². The number of hydrogen-bond acceptors (Lipinski definition) is 4. The van der Waals surface area contributed by atoms with Crippen molar-refractivity contribution in [1.82, 2.24) is 14.9 Å². The van der Waals surface area contributed by atoms with Gasteiger partial charge in [-0.15, -0.1) is 0 Å². The third-order valence-corrected chi connectivity index (χ3v) is 3.97. The summed E-state index contributed by atoms with van der Waals surface area (Å²) in [7, 11) is 0. The minimum atomic E-state index is -0.127. The fourth-order valence-corrected chi connectivity index (χ4v) is 2.92. The average molecular weight is 300 g/mol. The van der Waals surface area contributed by atoms with Gasteiger partial charge in [0.2, 0.25) is 6.79 Å². The summed E-state index contributed by atoms with van der Waals surface area (Å²) < 4.78 is 10.6. The number of rotatable bonds is 2. The summed E-state index contributed by atoms with van der Waals surface area (Å²) in [4.78, 5) is 21.7. The molecule has 7 heteroatoms. The van der Waals surface area contributed by atoms with E-state index >= 15 is 0 Å². The van der Waals surface area contributed by atoms with Gasteiger partial charge in [-0.25, -0.2) is 9.78 Å². The summed E-state index contributed by atoms with van der Waals surface area (Å²) in [6.45, 7) is 0.946. The average Bonchev–Trinajstić information content (AvgIpc) is 3.26. The van der Waals surface area contributed by atoms with Crippen LogP contribution < -0.4 is 14.8 Å². The number of aromatic nitrogens is 2. The second kappa shape index (κ2) is 5.25. The smallest absolute Gasteiger partial charge is 0.322 e. The molecule has 2 aliphatic heterocycles. The molecule has 0 bridgehead atoms. The number of anilines is 1. The van der Waals surface area contributed by atoms with Gasteiger partial charge < -0.3 is 24.7 Å². The molecular formula is C15H16N4O3. The van der Waals surface area contributed by atoms with Gasteiger partial charge in [0.05, 0.1) is 6.04 Å². The lowest BCUT2D eigenvalue weighted by atomic mass is 10.2. The Morgan fingerprint density at radius 1 is 1.36 bits per heavy atom. The lowest BCUT2D eigenvalue weighted by Crippen LogP contribution is -2.34. The lowest BCUT2D eigenvalue weighted by molar-refractivity contribution is 0.174. The van der Waals surface area contributed by atoms with Gasteiger partial charge >= 0.3 is 6.03 Å². The number of amides is 2. The summed E-state index contributed by atoms with van der Waals surface area (Å²) in [6, 6.07) is 5.26. The third-order valence-electron chi connectivity index (χ3n) is 3.97. The van der Waals surface area contributed by atoms with E-state index in [1.54, 1.807) is 24.5 Å². The summed E-state index contributed by atoms with van der Waals surface area (Å²) >= 11 is 0. The number of benzene rings is 1. The molecule has 2 amide bonds. The van der Waals surface area contributed by atoms with Gasteiger partial charge in [0.25, 0.3) is 0 Å². The number of aromatic amines is 1. The zero-order chi connectivity index (χ0) is 14.9. The van der Waals surface area contributed by atoms with Crippen LogP contribution in [0, 0.1) is 0 Å². The molecule has 2 aliphatic rings. The second-order valence-electron chi connectivity index (χ2n) is 5.32. The highest BCUT2D eigenvalue weighted by molar-refractivity contribution is 5.90. The van der Waals surface area contributed by atoms with E-state index in [-0.39, 0.29) is 18.9 Å². The number of fused-ring (bicyclic) bond motifs is 1. The molecular weight excluding hydrogens is 284 g/mol. The van der Waals surface area contributed by atoms with Crippen molar-refractivity contribution < 1.29 is 14.3 Å². The van der Waals surface area contributed by atoms with Gasteiger partial charge in [-0.2, -0.15) is 0 Å². The van der Waals surface area contributed by atoms with Crippen molar-refractivity contribution in [2.45, 2.75) is 18.9 Å². The molecule has 114 valence electrons. The van der Waals surface area contributed by atoms with Crippen LogP contribution in [0.15, 0.2) is 30.6 Å². The van der Waals surface area contributed by atoms with Crippen LogP contribution in [-0.4, -0.2) is 34.2 Å². The fraction of sp³-hybridized carbons (Fsp3) is 0.333. The standard InChI is InChI=1S/C15H16N4O3/c20-15(18-10-3-4-12-13(8-10)22-9-21-12)19-7-1-2-11(19)14-16-5-6-17-14/h3-6,8,11H,1-2,7,9H2,(H,16,17)(H,18,20)/t11-/m0/s1. The fourth-order valence-electron chi connectivity index (χ4n) is 2.92. The molecule has 1 saturated heterocycles. The number of imidazole rings is 1. The molecule has 1 aromatic carbocycles. The van der Waals surface area contributed by atoms with Crippen LogP contribution in [0.2, 0.25) is 0 Å². The molecule has 1 fully saturated rings. The van der Waals surface area contributed by atoms with E-state index in [4.69, 9.17) is 9.47 Å². The van der Waals surface area contributed by atoms with Crippen LogP contribution >= 0.6 is 0 Å². The molecule has 7 nitrogen and oxygen atoms in total. The van der Waals surface area contributed by atoms with Crippen molar-refractivity contribution in [1.29, 1.82) is 0 Å². The van der Waals surface area contributed by atoms with Crippen molar-refractivity contribution >= 4 is 11.7 Å². The lowest BCUT2D eigenvalue weighted by Gasteiger charge is -2.23. The van der Waals surface area contributed by atoms with Crippen LogP contribution in [0.3, 0.4) is 0 Å².